The van der Waals surface area contributed by atoms with Crippen LogP contribution in [0.25, 0.3) is 0 Å². The van der Waals surface area contributed by atoms with Crippen molar-refractivity contribution in [3.63, 3.8) is 0 Å². The first-order valence-corrected chi connectivity index (χ1v) is 17.2. The molecule has 3 aromatic carbocycles. The van der Waals surface area contributed by atoms with Gasteiger partial charge in [0.25, 0.3) is 0 Å². The van der Waals surface area contributed by atoms with Crippen molar-refractivity contribution in [3.05, 3.63) is 105 Å². The lowest BCUT2D eigenvalue weighted by atomic mass is 9.84. The zero-order valence-electron chi connectivity index (χ0n) is 27.6. The van der Waals surface area contributed by atoms with Crippen molar-refractivity contribution >= 4 is 28.9 Å². The molecule has 50 heavy (non-hydrogen) atoms. The van der Waals surface area contributed by atoms with Gasteiger partial charge in [-0.15, -0.1) is 0 Å². The molecule has 2 aliphatic rings. The monoisotopic (exact) mass is 744 g/mol. The molecule has 2 saturated heterocycles. The maximum Gasteiger partial charge on any atom is 0.416 e. The topological polar surface area (TPSA) is 51.5 Å². The Labute approximate surface area is 298 Å². The number of halogens is 8. The summed E-state index contributed by atoms with van der Waals surface area (Å²) in [6, 6.07) is 16.3. The smallest absolute Gasteiger partial charge is 0.385 e. The number of hydrazone groups is 1. The van der Waals surface area contributed by atoms with Crippen LogP contribution in [-0.4, -0.2) is 85.1 Å². The number of ether oxygens (including phenoxy) is 1. The number of rotatable bonds is 11. The zero-order chi connectivity index (χ0) is 36.1. The first kappa shape index (κ1) is 38.4. The summed E-state index contributed by atoms with van der Waals surface area (Å²) < 4.78 is 87.0. The van der Waals surface area contributed by atoms with Crippen molar-refractivity contribution in [1.82, 2.24) is 14.8 Å². The fourth-order valence-electron chi connectivity index (χ4n) is 6.40. The maximum atomic E-state index is 13.5. The second kappa shape index (κ2) is 16.2. The molecule has 1 atom stereocenters. The number of likely N-dealkylation sites (tertiary alicyclic amines) is 1. The fourth-order valence-corrected chi connectivity index (χ4v) is 6.71. The molecule has 5 rings (SSSR count). The van der Waals surface area contributed by atoms with Gasteiger partial charge in [-0.05, 0) is 79.9 Å². The van der Waals surface area contributed by atoms with E-state index in [2.05, 4.69) is 9.80 Å². The van der Waals surface area contributed by atoms with Crippen molar-refractivity contribution in [2.75, 3.05) is 59.5 Å². The van der Waals surface area contributed by atoms with E-state index in [4.69, 9.17) is 33.0 Å². The van der Waals surface area contributed by atoms with Gasteiger partial charge in [0.2, 0.25) is 0 Å². The highest BCUT2D eigenvalue weighted by Crippen LogP contribution is 2.37. The minimum atomic E-state index is -4.96. The molecular weight excluding hydrogens is 705 g/mol. The fraction of sp³-hybridized carbons (Fsp3) is 0.472. The Hall–Kier alpha value is -2.87. The third-order valence-corrected chi connectivity index (χ3v) is 10.1. The number of aliphatic hydroxyl groups is 1. The molecule has 0 bridgehead atoms. The highest BCUT2D eigenvalue weighted by molar-refractivity contribution is 6.42. The minimum Gasteiger partial charge on any atom is -0.385 e. The first-order valence-electron chi connectivity index (χ1n) is 16.4. The predicted molar refractivity (Wildman–Crippen MR) is 182 cm³/mol. The number of benzene rings is 3. The summed E-state index contributed by atoms with van der Waals surface area (Å²) in [7, 11) is 2.01. The second-order valence-corrected chi connectivity index (χ2v) is 13.8. The molecule has 0 spiro atoms. The first-order chi connectivity index (χ1) is 23.6. The molecule has 0 saturated carbocycles. The van der Waals surface area contributed by atoms with Gasteiger partial charge in [0, 0.05) is 45.2 Å². The Morgan fingerprint density at radius 1 is 0.840 bits per heavy atom. The van der Waals surface area contributed by atoms with Crippen molar-refractivity contribution in [3.8, 4) is 0 Å². The highest BCUT2D eigenvalue weighted by Gasteiger charge is 2.37. The average Bonchev–Trinajstić information content (AvgIpc) is 3.07. The molecule has 2 heterocycles. The number of hydrogen-bond donors (Lipinski definition) is 1. The minimum absolute atomic E-state index is 0.103. The Bertz CT molecular complexity index is 1570. The third kappa shape index (κ3) is 10.1. The molecule has 272 valence electrons. The Balaban J connectivity index is 1.39. The van der Waals surface area contributed by atoms with E-state index in [-0.39, 0.29) is 24.2 Å². The van der Waals surface area contributed by atoms with Crippen LogP contribution in [0.1, 0.15) is 53.0 Å². The van der Waals surface area contributed by atoms with Gasteiger partial charge in [0.1, 0.15) is 0 Å². The Morgan fingerprint density at radius 3 is 2.04 bits per heavy atom. The number of nitrogens with zero attached hydrogens (tertiary/aromatic N) is 4. The van der Waals surface area contributed by atoms with E-state index in [0.29, 0.717) is 79.9 Å². The summed E-state index contributed by atoms with van der Waals surface area (Å²) in [4.78, 5) is 4.43. The average molecular weight is 746 g/mol. The Kier molecular flexibility index (Phi) is 12.4. The Morgan fingerprint density at radius 2 is 1.46 bits per heavy atom. The molecule has 0 amide bonds. The van der Waals surface area contributed by atoms with Crippen LogP contribution in [-0.2, 0) is 29.3 Å². The number of hydrogen-bond acceptors (Lipinski definition) is 6. The third-order valence-electron chi connectivity index (χ3n) is 9.39. The molecule has 2 fully saturated rings. The van der Waals surface area contributed by atoms with Gasteiger partial charge in [-0.2, -0.15) is 31.4 Å². The number of likely N-dealkylation sites (N-methyl/N-ethyl adjacent to an activating group) is 1. The largest absolute Gasteiger partial charge is 0.416 e. The SMILES string of the molecule is CN1CCN(/N=C(\COCc2cc(C(F)(F)F)cc(C(F)(F)F)c2)C(CCN2CCC(O)(c3ccccc3)CC2)c2ccc(Cl)c(Cl)c2)CC1. The van der Waals surface area contributed by atoms with Gasteiger partial charge in [0.15, 0.2) is 0 Å². The van der Waals surface area contributed by atoms with E-state index < -0.39 is 35.7 Å². The maximum absolute atomic E-state index is 13.5. The molecule has 6 nitrogen and oxygen atoms in total. The number of piperazine rings is 1. The van der Waals surface area contributed by atoms with Crippen LogP contribution < -0.4 is 0 Å². The summed E-state index contributed by atoms with van der Waals surface area (Å²) in [6.07, 6.45) is -8.27. The van der Waals surface area contributed by atoms with E-state index >= 15 is 0 Å². The lowest BCUT2D eigenvalue weighted by Gasteiger charge is -2.39. The van der Waals surface area contributed by atoms with Crippen molar-refractivity contribution in [1.29, 1.82) is 0 Å². The van der Waals surface area contributed by atoms with Crippen LogP contribution in [0.2, 0.25) is 10.0 Å². The van der Waals surface area contributed by atoms with E-state index in [1.54, 1.807) is 12.1 Å². The van der Waals surface area contributed by atoms with Crippen molar-refractivity contribution < 1.29 is 36.2 Å². The van der Waals surface area contributed by atoms with Crippen LogP contribution in [0.4, 0.5) is 26.3 Å². The van der Waals surface area contributed by atoms with Crippen LogP contribution in [0.15, 0.2) is 71.8 Å². The van der Waals surface area contributed by atoms with E-state index in [1.165, 1.54) is 0 Å². The lowest BCUT2D eigenvalue weighted by Crippen LogP contribution is -2.44. The van der Waals surface area contributed by atoms with Gasteiger partial charge < -0.3 is 19.6 Å². The molecule has 0 aliphatic carbocycles. The van der Waals surface area contributed by atoms with Crippen LogP contribution in [0, 0.1) is 0 Å². The van der Waals surface area contributed by atoms with Gasteiger partial charge in [0.05, 0.1) is 45.7 Å². The highest BCUT2D eigenvalue weighted by atomic mass is 35.5. The molecule has 3 aromatic rings. The van der Waals surface area contributed by atoms with Crippen molar-refractivity contribution in [2.45, 2.75) is 49.7 Å². The van der Waals surface area contributed by atoms with E-state index in [1.807, 2.05) is 48.5 Å². The van der Waals surface area contributed by atoms with Crippen LogP contribution in [0.5, 0.6) is 0 Å². The number of alkyl halides is 6. The summed E-state index contributed by atoms with van der Waals surface area (Å²) in [5, 5.41) is 18.9. The molecular formula is C36H40Cl2F6N4O2. The molecule has 2 aliphatic heterocycles. The lowest BCUT2D eigenvalue weighted by molar-refractivity contribution is -0.143. The summed E-state index contributed by atoms with van der Waals surface area (Å²) in [5.41, 5.74) is -1.72. The van der Waals surface area contributed by atoms with Gasteiger partial charge in [-0.1, -0.05) is 59.6 Å². The normalized spacial score (nSPS) is 18.8. The predicted octanol–water partition coefficient (Wildman–Crippen LogP) is 8.31. The molecule has 1 unspecified atom stereocenters. The van der Waals surface area contributed by atoms with Crippen molar-refractivity contribution in [2.24, 2.45) is 5.10 Å². The molecule has 0 radical (unpaired) electrons. The summed E-state index contributed by atoms with van der Waals surface area (Å²) >= 11 is 12.7. The van der Waals surface area contributed by atoms with Gasteiger partial charge in [-0.25, -0.2) is 0 Å². The molecule has 0 aromatic heterocycles. The molecule has 1 N–H and O–H groups in total. The zero-order valence-corrected chi connectivity index (χ0v) is 29.1. The van der Waals surface area contributed by atoms with Crippen LogP contribution in [0.3, 0.4) is 0 Å². The van der Waals surface area contributed by atoms with Crippen LogP contribution >= 0.6 is 23.2 Å². The second-order valence-electron chi connectivity index (χ2n) is 13.0. The van der Waals surface area contributed by atoms with Gasteiger partial charge >= 0.3 is 12.4 Å². The molecule has 14 heteroatoms. The van der Waals surface area contributed by atoms with Gasteiger partial charge in [-0.3, -0.25) is 5.01 Å². The standard InChI is InChI=1S/C36H40Cl2F6N4O2/c1-46-15-17-48(18-16-46)45-33(24-50-23-25-19-28(35(39,40)41)22-29(20-25)36(42,43)44)30(26-7-8-31(37)32(38)21-26)9-12-47-13-10-34(49,11-14-47)27-5-3-2-4-6-27/h2-8,19-22,30,49H,9-18,23-24H2,1H3/b45-33+. The summed E-state index contributed by atoms with van der Waals surface area (Å²) in [5.74, 6) is -0.369. The van der Waals surface area contributed by atoms with E-state index in [9.17, 15) is 31.4 Å². The summed E-state index contributed by atoms with van der Waals surface area (Å²) in [6.45, 7) is 4.06. The number of piperidine rings is 1. The van der Waals surface area contributed by atoms with E-state index in [0.717, 1.165) is 24.2 Å². The quantitative estimate of drug-likeness (QED) is 0.158.